The molecule has 5 heteroatoms. The molecule has 0 unspecified atom stereocenters. The van der Waals surface area contributed by atoms with Crippen LogP contribution >= 0.6 is 0 Å². The Labute approximate surface area is 452 Å². The van der Waals surface area contributed by atoms with Gasteiger partial charge in [0.2, 0.25) is 0 Å². The van der Waals surface area contributed by atoms with Crippen LogP contribution in [0.4, 0.5) is 0 Å². The molecule has 9 saturated carbocycles. The summed E-state index contributed by atoms with van der Waals surface area (Å²) in [6, 6.07) is 31.1. The Morgan fingerprint density at radius 1 is 0.514 bits per heavy atom. The van der Waals surface area contributed by atoms with Crippen LogP contribution in [0.25, 0.3) is 44.8 Å². The predicted octanol–water partition coefficient (Wildman–Crippen LogP) is 17.5. The van der Waals surface area contributed by atoms with Crippen LogP contribution in [0.3, 0.4) is 0 Å². The third-order valence-corrected chi connectivity index (χ3v) is 20.2. The van der Waals surface area contributed by atoms with Gasteiger partial charge >= 0.3 is 0 Å². The van der Waals surface area contributed by atoms with Gasteiger partial charge in [-0.05, 0) is 199 Å². The number of aromatic nitrogens is 1. The number of phenolic OH excluding ortho intramolecular Hbond substituents is 2. The number of rotatable bonds is 9. The first-order valence-electron chi connectivity index (χ1n) is 28.5. The molecule has 0 radical (unpaired) electrons. The molecule has 9 fully saturated rings. The number of hydrogen-bond acceptors (Lipinski definition) is 4. The summed E-state index contributed by atoms with van der Waals surface area (Å²) in [6.07, 6.45) is 18.9. The first-order chi connectivity index (χ1) is 33.8. The van der Waals surface area contributed by atoms with Gasteiger partial charge in [0.15, 0.2) is 0 Å². The molecule has 4 nitrogen and oxygen atoms in total. The fourth-order valence-electron chi connectivity index (χ4n) is 17.4. The van der Waals surface area contributed by atoms with Crippen LogP contribution in [-0.4, -0.2) is 21.3 Å². The number of benzene rings is 4. The molecule has 0 saturated heterocycles. The van der Waals surface area contributed by atoms with Crippen LogP contribution in [0.2, 0.25) is 0 Å². The first-order valence-corrected chi connectivity index (χ1v) is 28.5. The van der Waals surface area contributed by atoms with Gasteiger partial charge in [0.25, 0.3) is 0 Å². The van der Waals surface area contributed by atoms with Crippen LogP contribution in [-0.2, 0) is 47.9 Å². The second kappa shape index (κ2) is 18.6. The van der Waals surface area contributed by atoms with Crippen molar-refractivity contribution in [3.05, 3.63) is 107 Å². The van der Waals surface area contributed by atoms with Gasteiger partial charge in [0.05, 0.1) is 11.4 Å². The van der Waals surface area contributed by atoms with Gasteiger partial charge in [-0.3, -0.25) is 0 Å². The van der Waals surface area contributed by atoms with Gasteiger partial charge in [0, 0.05) is 71.7 Å². The van der Waals surface area contributed by atoms with Gasteiger partial charge in [0.1, 0.15) is 23.4 Å². The molecule has 2 N–H and O–H groups in total. The molecule has 3 atom stereocenters. The normalized spacial score (nSPS) is 31.5. The van der Waals surface area contributed by atoms with Gasteiger partial charge in [-0.2, -0.15) is 0 Å². The smallest absolute Gasteiger partial charge is 0.127 e. The molecule has 0 spiro atoms. The van der Waals surface area contributed by atoms with Gasteiger partial charge in [-0.15, -0.1) is 0 Å². The summed E-state index contributed by atoms with van der Waals surface area (Å²) in [4.78, 5) is 5.72. The SMILES string of the molecule is CC(C)[C@@H]1CC[C@@H](C)C[C@H]1Oc1cc(-c2ccccc2-c2cc(C(C)(C)C)cc(C34CC5CC(CC(C5)C3)C4)c2O)nc(-c2ccccc2-c2cc(C(C)(C)C)cc(C34CC5CC(CC(C5)C3)C4)c2O)c1.[Zr]. The summed E-state index contributed by atoms with van der Waals surface area (Å²) in [7, 11) is 0. The Kier molecular flexibility index (Phi) is 13.0. The summed E-state index contributed by atoms with van der Waals surface area (Å²) < 4.78 is 7.37. The van der Waals surface area contributed by atoms with E-state index in [1.54, 1.807) is 0 Å². The fourth-order valence-corrected chi connectivity index (χ4v) is 17.4. The average molecular weight is 1040 g/mol. The molecule has 0 amide bonds. The molecule has 9 aliphatic carbocycles. The van der Waals surface area contributed by atoms with Crippen LogP contribution in [0.1, 0.15) is 181 Å². The van der Waals surface area contributed by atoms with E-state index in [0.29, 0.717) is 29.3 Å². The summed E-state index contributed by atoms with van der Waals surface area (Å²) in [5.41, 5.74) is 12.3. The topological polar surface area (TPSA) is 62.6 Å². The number of pyridine rings is 1. The van der Waals surface area contributed by atoms with Gasteiger partial charge < -0.3 is 14.9 Å². The van der Waals surface area contributed by atoms with Crippen LogP contribution in [0.15, 0.2) is 84.9 Å². The van der Waals surface area contributed by atoms with E-state index in [4.69, 9.17) is 9.72 Å². The number of ether oxygens (including phenoxy) is 1. The van der Waals surface area contributed by atoms with Crippen molar-refractivity contribution in [1.82, 2.24) is 4.98 Å². The Balaban J connectivity index is 0.00000560. The van der Waals surface area contributed by atoms with Gasteiger partial charge in [-0.25, -0.2) is 4.98 Å². The number of hydrogen-bond donors (Lipinski definition) is 2. The minimum absolute atomic E-state index is 0. The van der Waals surface area contributed by atoms with E-state index in [9.17, 15) is 10.2 Å². The zero-order chi connectivity index (χ0) is 49.4. The Hall–Kier alpha value is -3.69. The van der Waals surface area contributed by atoms with E-state index >= 15 is 0 Å². The summed E-state index contributed by atoms with van der Waals surface area (Å²) in [5, 5.41) is 25.9. The van der Waals surface area contributed by atoms with E-state index in [0.717, 1.165) is 92.4 Å². The second-order valence-electron chi connectivity index (χ2n) is 27.9. The van der Waals surface area contributed by atoms with Crippen LogP contribution in [0, 0.1) is 53.3 Å². The van der Waals surface area contributed by atoms with Crippen molar-refractivity contribution in [3.8, 4) is 62.0 Å². The Morgan fingerprint density at radius 3 is 1.25 bits per heavy atom. The van der Waals surface area contributed by atoms with Crippen molar-refractivity contribution < 1.29 is 41.2 Å². The summed E-state index contributed by atoms with van der Waals surface area (Å²) in [6.45, 7) is 21.0. The van der Waals surface area contributed by atoms with Crippen LogP contribution < -0.4 is 4.74 Å². The van der Waals surface area contributed by atoms with Gasteiger partial charge in [-0.1, -0.05) is 129 Å². The molecular formula is C67H83NO3Zr. The molecule has 72 heavy (non-hydrogen) atoms. The summed E-state index contributed by atoms with van der Waals surface area (Å²) >= 11 is 0. The Morgan fingerprint density at radius 2 is 0.889 bits per heavy atom. The maximum atomic E-state index is 13.0. The van der Waals surface area contributed by atoms with E-state index in [1.165, 1.54) is 112 Å². The molecule has 5 aromatic rings. The average Bonchev–Trinajstić information content (AvgIpc) is 3.30. The molecule has 0 aliphatic heterocycles. The molecule has 9 aliphatic rings. The van der Waals surface area contributed by atoms with Crippen molar-refractivity contribution in [2.24, 2.45) is 53.3 Å². The first kappa shape index (κ1) is 50.5. The quantitative estimate of drug-likeness (QED) is 0.154. The third kappa shape index (κ3) is 9.00. The van der Waals surface area contributed by atoms with Crippen molar-refractivity contribution in [3.63, 3.8) is 0 Å². The zero-order valence-electron chi connectivity index (χ0n) is 45.2. The second-order valence-corrected chi connectivity index (χ2v) is 27.9. The number of aromatic hydroxyl groups is 2. The maximum Gasteiger partial charge on any atom is 0.127 e. The predicted molar refractivity (Wildman–Crippen MR) is 292 cm³/mol. The standard InChI is InChI=1S/C67H83NO3.Zr/c1-39(2)50-19-18-40(3)20-61(50)71-49-31-59(53-16-12-10-14-51(53)55-27-47(64(4,5)6)29-57(62(55)69)66-33-41-21-42(34-66)23-43(22-41)35-66)68-60(32-49)54-17-13-11-15-52(54)56-28-48(65(7,8)9)30-58(63(56)70)67-36-44-24-45(37-67)26-46(25-44)38-67;/h10-17,27-32,39-46,50,61,69-70H,18-26,33-38H2,1-9H3;/t40-,41?,42?,43?,44?,45?,46?,50+,61-,66?,67?;/m1./s1. The maximum absolute atomic E-state index is 13.0. The minimum Gasteiger partial charge on any atom is -0.507 e. The van der Waals surface area contributed by atoms with E-state index in [2.05, 4.69) is 147 Å². The molecule has 14 rings (SSSR count). The van der Waals surface area contributed by atoms with Crippen molar-refractivity contribution in [2.45, 2.75) is 186 Å². The molecule has 378 valence electrons. The largest absolute Gasteiger partial charge is 0.507 e. The molecular weight excluding hydrogens is 958 g/mol. The fraction of sp³-hybridized carbons (Fsp3) is 0.567. The number of phenols is 2. The van der Waals surface area contributed by atoms with E-state index < -0.39 is 0 Å². The van der Waals surface area contributed by atoms with Crippen molar-refractivity contribution in [1.29, 1.82) is 0 Å². The zero-order valence-corrected chi connectivity index (χ0v) is 47.7. The minimum atomic E-state index is -0.104. The van der Waals surface area contributed by atoms with E-state index in [-0.39, 0.29) is 54.0 Å². The third-order valence-electron chi connectivity index (χ3n) is 20.2. The Bertz CT molecular complexity index is 2620. The summed E-state index contributed by atoms with van der Waals surface area (Å²) in [5.74, 6) is 7.96. The van der Waals surface area contributed by atoms with Crippen molar-refractivity contribution >= 4 is 0 Å². The monoisotopic (exact) mass is 1040 g/mol. The molecule has 1 heterocycles. The molecule has 8 bridgehead atoms. The van der Waals surface area contributed by atoms with Crippen molar-refractivity contribution in [2.75, 3.05) is 0 Å². The molecule has 4 aromatic carbocycles. The van der Waals surface area contributed by atoms with Crippen LogP contribution in [0.5, 0.6) is 17.2 Å². The molecule has 1 aromatic heterocycles. The van der Waals surface area contributed by atoms with E-state index in [1.807, 2.05) is 0 Å². The number of nitrogens with zero attached hydrogens (tertiary/aromatic N) is 1.